The Kier molecular flexibility index (Phi) is 4.03. The van der Waals surface area contributed by atoms with Crippen molar-refractivity contribution in [3.63, 3.8) is 0 Å². The van der Waals surface area contributed by atoms with Crippen molar-refractivity contribution in [3.8, 4) is 5.75 Å². The minimum absolute atomic E-state index is 0.0486. The van der Waals surface area contributed by atoms with Gasteiger partial charge in [-0.1, -0.05) is 0 Å². The number of hydrogen-bond donors (Lipinski definition) is 2. The molecule has 0 aliphatic heterocycles. The van der Waals surface area contributed by atoms with Gasteiger partial charge >= 0.3 is 5.76 Å². The van der Waals surface area contributed by atoms with Crippen LogP contribution in [-0.2, 0) is 4.79 Å². The number of aromatic nitrogens is 2. The van der Waals surface area contributed by atoms with E-state index in [2.05, 4.69) is 15.8 Å². The SMILES string of the molecule is CNNC(=O)C(C)n1c(=O)oc2c(OC)ccnc2c1=O. The second-order valence-corrected chi connectivity index (χ2v) is 4.15. The van der Waals surface area contributed by atoms with Crippen LogP contribution in [0.4, 0.5) is 0 Å². The minimum Gasteiger partial charge on any atom is -0.493 e. The second kappa shape index (κ2) is 5.75. The summed E-state index contributed by atoms with van der Waals surface area (Å²) in [5.74, 6) is -1.31. The molecule has 0 saturated carbocycles. The quantitative estimate of drug-likeness (QED) is 0.707. The summed E-state index contributed by atoms with van der Waals surface area (Å²) >= 11 is 0. The number of hydrazine groups is 1. The average molecular weight is 294 g/mol. The lowest BCUT2D eigenvalue weighted by molar-refractivity contribution is -0.125. The van der Waals surface area contributed by atoms with Gasteiger partial charge in [-0.05, 0) is 6.92 Å². The zero-order chi connectivity index (χ0) is 15.6. The van der Waals surface area contributed by atoms with E-state index >= 15 is 0 Å². The fourth-order valence-corrected chi connectivity index (χ4v) is 1.85. The maximum atomic E-state index is 12.4. The van der Waals surface area contributed by atoms with Gasteiger partial charge in [0, 0.05) is 19.3 Å². The summed E-state index contributed by atoms with van der Waals surface area (Å²) in [6.07, 6.45) is 1.35. The number of amides is 1. The van der Waals surface area contributed by atoms with Crippen molar-refractivity contribution in [3.05, 3.63) is 33.2 Å². The summed E-state index contributed by atoms with van der Waals surface area (Å²) in [7, 11) is 2.87. The van der Waals surface area contributed by atoms with E-state index in [1.54, 1.807) is 0 Å². The van der Waals surface area contributed by atoms with Crippen molar-refractivity contribution in [2.24, 2.45) is 0 Å². The predicted molar refractivity (Wildman–Crippen MR) is 73.0 cm³/mol. The molecule has 0 radical (unpaired) electrons. The van der Waals surface area contributed by atoms with Crippen molar-refractivity contribution in [1.82, 2.24) is 20.4 Å². The molecule has 0 aliphatic rings. The molecular formula is C12H14N4O5. The fraction of sp³-hybridized carbons (Fsp3) is 0.333. The van der Waals surface area contributed by atoms with E-state index in [0.717, 1.165) is 0 Å². The molecule has 9 nitrogen and oxygen atoms in total. The van der Waals surface area contributed by atoms with E-state index in [1.807, 2.05) is 0 Å². The Morgan fingerprint density at radius 1 is 1.48 bits per heavy atom. The van der Waals surface area contributed by atoms with Crippen molar-refractivity contribution >= 4 is 17.0 Å². The Bertz CT molecular complexity index is 794. The number of methoxy groups -OCH3 is 1. The zero-order valence-electron chi connectivity index (χ0n) is 11.7. The van der Waals surface area contributed by atoms with Gasteiger partial charge in [-0.3, -0.25) is 15.0 Å². The number of ether oxygens (including phenoxy) is 1. The van der Waals surface area contributed by atoms with Crippen LogP contribution in [-0.4, -0.2) is 29.6 Å². The number of nitrogens with zero attached hydrogens (tertiary/aromatic N) is 2. The van der Waals surface area contributed by atoms with Crippen LogP contribution in [0.1, 0.15) is 13.0 Å². The Balaban J connectivity index is 2.70. The largest absolute Gasteiger partial charge is 0.493 e. The smallest absolute Gasteiger partial charge is 0.423 e. The summed E-state index contributed by atoms with van der Waals surface area (Å²) in [6, 6.07) is 0.408. The Hall–Kier alpha value is -2.68. The average Bonchev–Trinajstić information content (AvgIpc) is 2.46. The van der Waals surface area contributed by atoms with Crippen molar-refractivity contribution in [1.29, 1.82) is 0 Å². The molecule has 0 saturated heterocycles. The normalized spacial score (nSPS) is 12.1. The monoisotopic (exact) mass is 294 g/mol. The Morgan fingerprint density at radius 3 is 2.81 bits per heavy atom. The standard InChI is InChI=1S/C12H14N4O5/c1-6(10(17)15-13-2)16-11(18)8-9(21-12(16)19)7(20-3)4-5-14-8/h4-6,13H,1-3H3,(H,15,17). The molecule has 1 amide bonds. The maximum absolute atomic E-state index is 12.4. The molecule has 2 heterocycles. The van der Waals surface area contributed by atoms with Gasteiger partial charge in [-0.15, -0.1) is 0 Å². The third-order valence-electron chi connectivity index (χ3n) is 2.91. The highest BCUT2D eigenvalue weighted by atomic mass is 16.5. The van der Waals surface area contributed by atoms with E-state index in [1.165, 1.54) is 33.3 Å². The Labute approximate surface area is 118 Å². The van der Waals surface area contributed by atoms with Crippen LogP contribution in [0.2, 0.25) is 0 Å². The van der Waals surface area contributed by atoms with Crippen LogP contribution in [0.15, 0.2) is 26.3 Å². The van der Waals surface area contributed by atoms with E-state index in [-0.39, 0.29) is 16.8 Å². The molecule has 0 spiro atoms. The lowest BCUT2D eigenvalue weighted by Crippen LogP contribution is -2.45. The van der Waals surface area contributed by atoms with Gasteiger partial charge in [0.2, 0.25) is 5.58 Å². The van der Waals surface area contributed by atoms with Crippen LogP contribution in [0, 0.1) is 0 Å². The number of hydrogen-bond acceptors (Lipinski definition) is 7. The summed E-state index contributed by atoms with van der Waals surface area (Å²) in [4.78, 5) is 40.0. The zero-order valence-corrected chi connectivity index (χ0v) is 11.7. The van der Waals surface area contributed by atoms with Gasteiger partial charge in [0.1, 0.15) is 6.04 Å². The molecule has 1 unspecified atom stereocenters. The van der Waals surface area contributed by atoms with Gasteiger partial charge in [-0.2, -0.15) is 0 Å². The molecular weight excluding hydrogens is 280 g/mol. The summed E-state index contributed by atoms with van der Waals surface area (Å²) in [5, 5.41) is 0. The minimum atomic E-state index is -1.06. The highest BCUT2D eigenvalue weighted by molar-refractivity contribution is 5.80. The van der Waals surface area contributed by atoms with Crippen molar-refractivity contribution < 1.29 is 13.9 Å². The fourth-order valence-electron chi connectivity index (χ4n) is 1.85. The molecule has 2 aromatic rings. The van der Waals surface area contributed by atoms with E-state index < -0.39 is 23.3 Å². The molecule has 0 aromatic carbocycles. The first-order valence-electron chi connectivity index (χ1n) is 6.06. The van der Waals surface area contributed by atoms with E-state index in [4.69, 9.17) is 9.15 Å². The topological polar surface area (TPSA) is 115 Å². The van der Waals surface area contributed by atoms with Gasteiger partial charge in [0.25, 0.3) is 11.5 Å². The van der Waals surface area contributed by atoms with Crippen LogP contribution in [0.25, 0.3) is 11.1 Å². The summed E-state index contributed by atoms with van der Waals surface area (Å²) in [6.45, 7) is 1.40. The van der Waals surface area contributed by atoms with Gasteiger partial charge in [-0.25, -0.2) is 19.8 Å². The molecule has 1 atom stereocenters. The summed E-state index contributed by atoms with van der Waals surface area (Å²) < 4.78 is 10.8. The first-order valence-corrected chi connectivity index (χ1v) is 6.06. The maximum Gasteiger partial charge on any atom is 0.423 e. The molecule has 21 heavy (non-hydrogen) atoms. The Morgan fingerprint density at radius 2 is 2.19 bits per heavy atom. The van der Waals surface area contributed by atoms with Gasteiger partial charge in [0.05, 0.1) is 7.11 Å². The van der Waals surface area contributed by atoms with Crippen molar-refractivity contribution in [2.75, 3.05) is 14.2 Å². The third-order valence-corrected chi connectivity index (χ3v) is 2.91. The van der Waals surface area contributed by atoms with Crippen LogP contribution < -0.4 is 26.9 Å². The number of carbonyl (C=O) groups excluding carboxylic acids is 1. The van der Waals surface area contributed by atoms with Gasteiger partial charge < -0.3 is 9.15 Å². The molecule has 2 aromatic heterocycles. The number of fused-ring (bicyclic) bond motifs is 1. The number of pyridine rings is 1. The molecule has 112 valence electrons. The van der Waals surface area contributed by atoms with E-state index in [0.29, 0.717) is 4.57 Å². The lowest BCUT2D eigenvalue weighted by Gasteiger charge is -2.13. The molecule has 0 bridgehead atoms. The second-order valence-electron chi connectivity index (χ2n) is 4.15. The number of carbonyl (C=O) groups is 1. The number of nitrogens with one attached hydrogen (secondary N) is 2. The molecule has 9 heteroatoms. The predicted octanol–water partition coefficient (Wildman–Crippen LogP) is -0.830. The van der Waals surface area contributed by atoms with E-state index in [9.17, 15) is 14.4 Å². The molecule has 2 rings (SSSR count). The highest BCUT2D eigenvalue weighted by Crippen LogP contribution is 2.19. The molecule has 0 aliphatic carbocycles. The van der Waals surface area contributed by atoms with Gasteiger partial charge in [0.15, 0.2) is 11.3 Å². The first kappa shape index (κ1) is 14.7. The van der Waals surface area contributed by atoms with Crippen molar-refractivity contribution in [2.45, 2.75) is 13.0 Å². The molecule has 0 fully saturated rings. The first-order chi connectivity index (χ1) is 10.0. The highest BCUT2D eigenvalue weighted by Gasteiger charge is 2.22. The lowest BCUT2D eigenvalue weighted by atomic mass is 10.3. The van der Waals surface area contributed by atoms with Crippen LogP contribution in [0.3, 0.4) is 0 Å². The molecule has 2 N–H and O–H groups in total. The third kappa shape index (κ3) is 2.50. The van der Waals surface area contributed by atoms with Crippen LogP contribution >= 0.6 is 0 Å². The number of rotatable bonds is 4. The summed E-state index contributed by atoms with van der Waals surface area (Å²) in [5.41, 5.74) is 3.87. The van der Waals surface area contributed by atoms with Crippen LogP contribution in [0.5, 0.6) is 5.75 Å².